The van der Waals surface area contributed by atoms with Gasteiger partial charge >= 0.3 is 5.97 Å². The highest BCUT2D eigenvalue weighted by Gasteiger charge is 2.23. The first-order valence-electron chi connectivity index (χ1n) is 4.58. The van der Waals surface area contributed by atoms with E-state index in [2.05, 4.69) is 0 Å². The van der Waals surface area contributed by atoms with Crippen LogP contribution in [-0.2, 0) is 4.79 Å². The first-order valence-corrected chi connectivity index (χ1v) is 4.58. The quantitative estimate of drug-likeness (QED) is 0.829. The lowest BCUT2D eigenvalue weighted by Gasteiger charge is -2.22. The van der Waals surface area contributed by atoms with Crippen molar-refractivity contribution in [3.63, 3.8) is 0 Å². The molecule has 0 aromatic heterocycles. The van der Waals surface area contributed by atoms with E-state index < -0.39 is 17.8 Å². The van der Waals surface area contributed by atoms with Crippen molar-refractivity contribution in [2.75, 3.05) is 14.1 Å². The number of aliphatic carboxylic acids is 1. The SMILES string of the molecule is Cc1ccc(F)cc1C(C(=O)O)N(C)C. The molecule has 0 bridgehead atoms. The van der Waals surface area contributed by atoms with E-state index in [0.717, 1.165) is 5.56 Å². The van der Waals surface area contributed by atoms with Crippen LogP contribution < -0.4 is 0 Å². The minimum absolute atomic E-state index is 0.413. The Kier molecular flexibility index (Phi) is 3.42. The zero-order valence-corrected chi connectivity index (χ0v) is 8.99. The van der Waals surface area contributed by atoms with Crippen LogP contribution in [0.5, 0.6) is 0 Å². The molecule has 0 spiro atoms. The Morgan fingerprint density at radius 2 is 2.07 bits per heavy atom. The van der Waals surface area contributed by atoms with Crippen molar-refractivity contribution in [3.05, 3.63) is 35.1 Å². The molecule has 0 aliphatic carbocycles. The van der Waals surface area contributed by atoms with Gasteiger partial charge in [-0.1, -0.05) is 6.07 Å². The Balaban J connectivity index is 3.22. The van der Waals surface area contributed by atoms with Crippen LogP contribution in [0.3, 0.4) is 0 Å². The van der Waals surface area contributed by atoms with Gasteiger partial charge in [-0.25, -0.2) is 4.39 Å². The molecule has 0 radical (unpaired) electrons. The number of halogens is 1. The van der Waals surface area contributed by atoms with Gasteiger partial charge in [-0.15, -0.1) is 0 Å². The topological polar surface area (TPSA) is 40.5 Å². The van der Waals surface area contributed by atoms with Gasteiger partial charge < -0.3 is 5.11 Å². The van der Waals surface area contributed by atoms with Crippen molar-refractivity contribution in [3.8, 4) is 0 Å². The molecule has 1 rings (SSSR count). The highest BCUT2D eigenvalue weighted by molar-refractivity contribution is 5.76. The summed E-state index contributed by atoms with van der Waals surface area (Å²) in [6, 6.07) is 3.38. The number of nitrogens with zero attached hydrogens (tertiary/aromatic N) is 1. The number of likely N-dealkylation sites (N-methyl/N-ethyl adjacent to an activating group) is 1. The third kappa shape index (κ3) is 2.53. The van der Waals surface area contributed by atoms with Gasteiger partial charge in [0.25, 0.3) is 0 Å². The molecule has 1 aromatic rings. The number of benzene rings is 1. The summed E-state index contributed by atoms with van der Waals surface area (Å²) in [5, 5.41) is 9.05. The van der Waals surface area contributed by atoms with Crippen LogP contribution >= 0.6 is 0 Å². The summed E-state index contributed by atoms with van der Waals surface area (Å²) in [5.74, 6) is -1.39. The average Bonchev–Trinajstić information content (AvgIpc) is 2.10. The molecule has 0 saturated carbocycles. The normalized spacial score (nSPS) is 12.9. The fourth-order valence-corrected chi connectivity index (χ4v) is 1.54. The lowest BCUT2D eigenvalue weighted by atomic mass is 10.0. The smallest absolute Gasteiger partial charge is 0.325 e. The van der Waals surface area contributed by atoms with E-state index in [1.807, 2.05) is 0 Å². The summed E-state index contributed by atoms with van der Waals surface area (Å²) in [4.78, 5) is 12.6. The molecule has 4 heteroatoms. The van der Waals surface area contributed by atoms with Crippen LogP contribution in [0.15, 0.2) is 18.2 Å². The van der Waals surface area contributed by atoms with Gasteiger partial charge in [-0.2, -0.15) is 0 Å². The van der Waals surface area contributed by atoms with Crippen LogP contribution in [0, 0.1) is 12.7 Å². The number of carboxylic acids is 1. The van der Waals surface area contributed by atoms with Gasteiger partial charge in [0.2, 0.25) is 0 Å². The van der Waals surface area contributed by atoms with Crippen molar-refractivity contribution < 1.29 is 14.3 Å². The number of rotatable bonds is 3. The summed E-state index contributed by atoms with van der Waals surface area (Å²) < 4.78 is 13.0. The molecule has 0 fully saturated rings. The van der Waals surface area contributed by atoms with E-state index in [9.17, 15) is 9.18 Å². The number of carbonyl (C=O) groups is 1. The first kappa shape index (κ1) is 11.7. The molecule has 3 nitrogen and oxygen atoms in total. The summed E-state index contributed by atoms with van der Waals surface area (Å²) in [6.45, 7) is 1.77. The van der Waals surface area contributed by atoms with E-state index in [1.165, 1.54) is 12.1 Å². The second-order valence-electron chi connectivity index (χ2n) is 3.71. The molecule has 15 heavy (non-hydrogen) atoms. The summed E-state index contributed by atoms with van der Waals surface area (Å²) in [5.41, 5.74) is 1.27. The molecule has 1 aromatic carbocycles. The van der Waals surface area contributed by atoms with Gasteiger partial charge in [-0.3, -0.25) is 9.69 Å². The second-order valence-corrected chi connectivity index (χ2v) is 3.71. The molecular weight excluding hydrogens is 197 g/mol. The monoisotopic (exact) mass is 211 g/mol. The van der Waals surface area contributed by atoms with E-state index >= 15 is 0 Å². The van der Waals surface area contributed by atoms with Crippen molar-refractivity contribution in [2.45, 2.75) is 13.0 Å². The van der Waals surface area contributed by atoms with Gasteiger partial charge in [0.15, 0.2) is 0 Å². The third-order valence-electron chi connectivity index (χ3n) is 2.29. The fourth-order valence-electron chi connectivity index (χ4n) is 1.54. The maximum absolute atomic E-state index is 13.0. The predicted molar refractivity (Wildman–Crippen MR) is 55.2 cm³/mol. The highest BCUT2D eigenvalue weighted by atomic mass is 19.1. The van der Waals surface area contributed by atoms with Gasteiger partial charge in [-0.05, 0) is 44.3 Å². The zero-order chi connectivity index (χ0) is 11.6. The van der Waals surface area contributed by atoms with Gasteiger partial charge in [0.1, 0.15) is 11.9 Å². The summed E-state index contributed by atoms with van der Waals surface area (Å²) >= 11 is 0. The molecule has 0 heterocycles. The van der Waals surface area contributed by atoms with Crippen molar-refractivity contribution in [1.82, 2.24) is 4.90 Å². The molecule has 0 aliphatic heterocycles. The van der Waals surface area contributed by atoms with Crippen LogP contribution in [0.25, 0.3) is 0 Å². The standard InChI is InChI=1S/C11H14FNO2/c1-7-4-5-8(12)6-9(7)10(11(14)15)13(2)3/h4-6,10H,1-3H3,(H,14,15). The number of hydrogen-bond acceptors (Lipinski definition) is 2. The number of carboxylic acid groups (broad SMARTS) is 1. The van der Waals surface area contributed by atoms with Gasteiger partial charge in [0, 0.05) is 0 Å². The summed E-state index contributed by atoms with van der Waals surface area (Å²) in [6.07, 6.45) is 0. The average molecular weight is 211 g/mol. The molecule has 1 unspecified atom stereocenters. The number of hydrogen-bond donors (Lipinski definition) is 1. The minimum Gasteiger partial charge on any atom is -0.480 e. The minimum atomic E-state index is -0.978. The Bertz CT molecular complexity index is 377. The van der Waals surface area contributed by atoms with Crippen molar-refractivity contribution >= 4 is 5.97 Å². The molecule has 82 valence electrons. The van der Waals surface area contributed by atoms with Gasteiger partial charge in [0.05, 0.1) is 0 Å². The van der Waals surface area contributed by atoms with Crippen LogP contribution in [0.1, 0.15) is 17.2 Å². The largest absolute Gasteiger partial charge is 0.480 e. The van der Waals surface area contributed by atoms with E-state index in [-0.39, 0.29) is 0 Å². The van der Waals surface area contributed by atoms with E-state index in [4.69, 9.17) is 5.11 Å². The van der Waals surface area contributed by atoms with E-state index in [0.29, 0.717) is 5.56 Å². The number of aryl methyl sites for hydroxylation is 1. The lowest BCUT2D eigenvalue weighted by molar-refractivity contribution is -0.142. The predicted octanol–water partition coefficient (Wildman–Crippen LogP) is 1.82. The Labute approximate surface area is 88.1 Å². The molecule has 0 amide bonds. The Morgan fingerprint density at radius 1 is 1.47 bits per heavy atom. The third-order valence-corrected chi connectivity index (χ3v) is 2.29. The van der Waals surface area contributed by atoms with Crippen LogP contribution in [-0.4, -0.2) is 30.1 Å². The molecule has 1 atom stereocenters. The van der Waals surface area contributed by atoms with Crippen LogP contribution in [0.2, 0.25) is 0 Å². The highest BCUT2D eigenvalue weighted by Crippen LogP contribution is 2.22. The zero-order valence-electron chi connectivity index (χ0n) is 8.99. The fraction of sp³-hybridized carbons (Fsp3) is 0.364. The molecular formula is C11H14FNO2. The van der Waals surface area contributed by atoms with Crippen molar-refractivity contribution in [1.29, 1.82) is 0 Å². The van der Waals surface area contributed by atoms with E-state index in [1.54, 1.807) is 32.0 Å². The molecule has 1 N–H and O–H groups in total. The Hall–Kier alpha value is -1.42. The first-order chi connectivity index (χ1) is 6.93. The van der Waals surface area contributed by atoms with Crippen LogP contribution in [0.4, 0.5) is 4.39 Å². The summed E-state index contributed by atoms with van der Waals surface area (Å²) in [7, 11) is 3.31. The lowest BCUT2D eigenvalue weighted by Crippen LogP contribution is -2.28. The maximum Gasteiger partial charge on any atom is 0.325 e. The molecule has 0 aliphatic rings. The second kappa shape index (κ2) is 4.40. The van der Waals surface area contributed by atoms with Crippen molar-refractivity contribution in [2.24, 2.45) is 0 Å². The molecule has 0 saturated heterocycles. The Morgan fingerprint density at radius 3 is 2.53 bits per heavy atom. The maximum atomic E-state index is 13.0.